The van der Waals surface area contributed by atoms with Crippen LogP contribution in [-0.2, 0) is 11.3 Å². The zero-order valence-corrected chi connectivity index (χ0v) is 15.0. The highest BCUT2D eigenvalue weighted by Crippen LogP contribution is 2.15. The Hall–Kier alpha value is -3.03. The van der Waals surface area contributed by atoms with Crippen molar-refractivity contribution in [2.45, 2.75) is 32.9 Å². The molecule has 27 heavy (non-hydrogen) atoms. The minimum atomic E-state index is -1.07. The van der Waals surface area contributed by atoms with Gasteiger partial charge in [-0.2, -0.15) is 0 Å². The second-order valence-corrected chi connectivity index (χ2v) is 6.17. The molecule has 144 valence electrons. The zero-order chi connectivity index (χ0) is 20.0. The molecule has 2 rings (SSSR count). The third-order valence-electron chi connectivity index (χ3n) is 3.58. The molecular weight excluding hydrogens is 358 g/mol. The molecule has 0 unspecified atom stereocenters. The van der Waals surface area contributed by atoms with E-state index >= 15 is 0 Å². The fraction of sp³-hybridized carbons (Fsp3) is 0.316. The predicted molar refractivity (Wildman–Crippen MR) is 93.4 cm³/mol. The molecule has 0 aliphatic rings. The number of aliphatic carboxylic acids is 1. The van der Waals surface area contributed by atoms with Crippen LogP contribution in [0.1, 0.15) is 36.2 Å². The summed E-state index contributed by atoms with van der Waals surface area (Å²) in [4.78, 5) is 28.9. The Morgan fingerprint density at radius 1 is 1.19 bits per heavy atom. The number of carboxylic acid groups (broad SMARTS) is 1. The van der Waals surface area contributed by atoms with Crippen molar-refractivity contribution in [3.05, 3.63) is 59.3 Å². The average molecular weight is 378 g/mol. The van der Waals surface area contributed by atoms with Gasteiger partial charge in [0, 0.05) is 25.4 Å². The third kappa shape index (κ3) is 6.02. The van der Waals surface area contributed by atoms with Crippen LogP contribution in [0.2, 0.25) is 0 Å². The number of rotatable bonds is 8. The minimum Gasteiger partial charge on any atom is -0.481 e. The maximum Gasteiger partial charge on any atom is 0.305 e. The molecule has 0 radical (unpaired) electrons. The standard InChI is InChI=1S/C19H20F2N2O4/c1-12(2)27-17-6-4-14(10-22-17)19(26)23(8-7-18(24)25)11-13-3-5-15(20)16(21)9-13/h3-6,9-10,12H,7-8,11H2,1-2H3,(H,24,25). The van der Waals surface area contributed by atoms with E-state index in [0.29, 0.717) is 11.4 Å². The highest BCUT2D eigenvalue weighted by Gasteiger charge is 2.19. The van der Waals surface area contributed by atoms with Crippen molar-refractivity contribution < 1.29 is 28.2 Å². The molecule has 2 aromatic rings. The van der Waals surface area contributed by atoms with Gasteiger partial charge in [-0.25, -0.2) is 13.8 Å². The maximum absolute atomic E-state index is 13.4. The van der Waals surface area contributed by atoms with Crippen LogP contribution in [0.5, 0.6) is 5.88 Å². The Labute approximate surface area is 155 Å². The van der Waals surface area contributed by atoms with Crippen LogP contribution < -0.4 is 4.74 Å². The maximum atomic E-state index is 13.4. The molecule has 1 amide bonds. The van der Waals surface area contributed by atoms with Gasteiger partial charge in [-0.1, -0.05) is 6.07 Å². The van der Waals surface area contributed by atoms with E-state index in [9.17, 15) is 18.4 Å². The molecule has 1 heterocycles. The lowest BCUT2D eigenvalue weighted by atomic mass is 10.1. The van der Waals surface area contributed by atoms with E-state index in [0.717, 1.165) is 12.1 Å². The topological polar surface area (TPSA) is 79.7 Å². The van der Waals surface area contributed by atoms with Crippen LogP contribution >= 0.6 is 0 Å². The number of carbonyl (C=O) groups is 2. The normalized spacial score (nSPS) is 10.7. The lowest BCUT2D eigenvalue weighted by Gasteiger charge is -2.22. The summed E-state index contributed by atoms with van der Waals surface area (Å²) in [5, 5.41) is 8.91. The highest BCUT2D eigenvalue weighted by molar-refractivity contribution is 5.94. The van der Waals surface area contributed by atoms with Crippen LogP contribution in [0, 0.1) is 11.6 Å². The number of aromatic nitrogens is 1. The summed E-state index contributed by atoms with van der Waals surface area (Å²) in [6, 6.07) is 6.35. The molecule has 0 spiro atoms. The Kier molecular flexibility index (Phi) is 6.81. The highest BCUT2D eigenvalue weighted by atomic mass is 19.2. The van der Waals surface area contributed by atoms with Gasteiger partial charge in [-0.15, -0.1) is 0 Å². The van der Waals surface area contributed by atoms with Crippen LogP contribution in [0.4, 0.5) is 8.78 Å². The number of nitrogens with zero attached hydrogens (tertiary/aromatic N) is 2. The molecule has 0 fully saturated rings. The first-order valence-corrected chi connectivity index (χ1v) is 8.34. The van der Waals surface area contributed by atoms with E-state index < -0.39 is 23.5 Å². The van der Waals surface area contributed by atoms with Gasteiger partial charge in [0.15, 0.2) is 11.6 Å². The molecular formula is C19H20F2N2O4. The van der Waals surface area contributed by atoms with Gasteiger partial charge in [-0.05, 0) is 37.6 Å². The number of hydrogen-bond acceptors (Lipinski definition) is 4. The van der Waals surface area contributed by atoms with Crippen molar-refractivity contribution in [2.24, 2.45) is 0 Å². The number of hydrogen-bond donors (Lipinski definition) is 1. The molecule has 0 bridgehead atoms. The summed E-state index contributed by atoms with van der Waals surface area (Å²) in [5.74, 6) is -3.21. The van der Waals surface area contributed by atoms with Crippen molar-refractivity contribution >= 4 is 11.9 Å². The van der Waals surface area contributed by atoms with Crippen molar-refractivity contribution in [2.75, 3.05) is 6.54 Å². The SMILES string of the molecule is CC(C)Oc1ccc(C(=O)N(CCC(=O)O)Cc2ccc(F)c(F)c2)cn1. The first-order chi connectivity index (χ1) is 12.8. The van der Waals surface area contributed by atoms with Gasteiger partial charge in [-0.3, -0.25) is 9.59 Å². The quantitative estimate of drug-likeness (QED) is 0.763. The molecule has 1 aromatic carbocycles. The van der Waals surface area contributed by atoms with Gasteiger partial charge in [0.05, 0.1) is 18.1 Å². The fourth-order valence-corrected chi connectivity index (χ4v) is 2.34. The summed E-state index contributed by atoms with van der Waals surface area (Å²) in [7, 11) is 0. The molecule has 0 atom stereocenters. The number of amides is 1. The van der Waals surface area contributed by atoms with E-state index in [2.05, 4.69) is 4.98 Å². The summed E-state index contributed by atoms with van der Waals surface area (Å²) < 4.78 is 31.9. The molecule has 1 N–H and O–H groups in total. The van der Waals surface area contributed by atoms with E-state index in [-0.39, 0.29) is 31.2 Å². The minimum absolute atomic E-state index is 0.0619. The zero-order valence-electron chi connectivity index (χ0n) is 15.0. The largest absolute Gasteiger partial charge is 0.481 e. The number of carbonyl (C=O) groups excluding carboxylic acids is 1. The number of carboxylic acids is 1. The van der Waals surface area contributed by atoms with Crippen molar-refractivity contribution in [3.8, 4) is 5.88 Å². The van der Waals surface area contributed by atoms with Crippen molar-refractivity contribution in [3.63, 3.8) is 0 Å². The summed E-state index contributed by atoms with van der Waals surface area (Å²) in [5.41, 5.74) is 0.583. The third-order valence-corrected chi connectivity index (χ3v) is 3.58. The number of benzene rings is 1. The van der Waals surface area contributed by atoms with Gasteiger partial charge >= 0.3 is 5.97 Å². The summed E-state index contributed by atoms with van der Waals surface area (Å²) in [6.07, 6.45) is 0.982. The van der Waals surface area contributed by atoms with E-state index in [4.69, 9.17) is 9.84 Å². The smallest absolute Gasteiger partial charge is 0.305 e. The first-order valence-electron chi connectivity index (χ1n) is 8.34. The molecule has 0 saturated carbocycles. The monoisotopic (exact) mass is 378 g/mol. The van der Waals surface area contributed by atoms with Crippen LogP contribution in [-0.4, -0.2) is 39.5 Å². The number of pyridine rings is 1. The second-order valence-electron chi connectivity index (χ2n) is 6.17. The van der Waals surface area contributed by atoms with Gasteiger partial charge in [0.1, 0.15) is 0 Å². The number of halogens is 2. The fourth-order valence-electron chi connectivity index (χ4n) is 2.34. The molecule has 0 aliphatic heterocycles. The Morgan fingerprint density at radius 3 is 2.48 bits per heavy atom. The predicted octanol–water partition coefficient (Wildman–Crippen LogP) is 3.26. The Morgan fingerprint density at radius 2 is 1.93 bits per heavy atom. The van der Waals surface area contributed by atoms with E-state index in [1.807, 2.05) is 13.8 Å². The van der Waals surface area contributed by atoms with Gasteiger partial charge < -0.3 is 14.7 Å². The molecule has 1 aromatic heterocycles. The summed E-state index contributed by atoms with van der Waals surface area (Å²) in [6.45, 7) is 3.54. The lowest BCUT2D eigenvalue weighted by Crippen LogP contribution is -2.32. The van der Waals surface area contributed by atoms with E-state index in [1.165, 1.54) is 23.2 Å². The van der Waals surface area contributed by atoms with Crippen LogP contribution in [0.3, 0.4) is 0 Å². The van der Waals surface area contributed by atoms with Gasteiger partial charge in [0.25, 0.3) is 5.91 Å². The lowest BCUT2D eigenvalue weighted by molar-refractivity contribution is -0.137. The molecule has 0 aliphatic carbocycles. The van der Waals surface area contributed by atoms with Crippen molar-refractivity contribution in [1.29, 1.82) is 0 Å². The number of ether oxygens (including phenoxy) is 1. The molecule has 8 heteroatoms. The van der Waals surface area contributed by atoms with Crippen LogP contribution in [0.15, 0.2) is 36.5 Å². The molecule has 0 saturated heterocycles. The van der Waals surface area contributed by atoms with Crippen LogP contribution in [0.25, 0.3) is 0 Å². The van der Waals surface area contributed by atoms with Gasteiger partial charge in [0.2, 0.25) is 5.88 Å². The molecule has 6 nitrogen and oxygen atoms in total. The van der Waals surface area contributed by atoms with E-state index in [1.54, 1.807) is 6.07 Å². The Balaban J connectivity index is 2.19. The first kappa shape index (κ1) is 20.3. The second kappa shape index (κ2) is 9.07. The average Bonchev–Trinajstić information content (AvgIpc) is 2.61. The summed E-state index contributed by atoms with van der Waals surface area (Å²) >= 11 is 0. The Bertz CT molecular complexity index is 810. The van der Waals surface area contributed by atoms with Crippen molar-refractivity contribution in [1.82, 2.24) is 9.88 Å².